The van der Waals surface area contributed by atoms with E-state index in [0.29, 0.717) is 37.8 Å². The van der Waals surface area contributed by atoms with Crippen molar-refractivity contribution in [3.05, 3.63) is 0 Å². The van der Waals surface area contributed by atoms with Crippen molar-refractivity contribution >= 4 is 23.9 Å². The summed E-state index contributed by atoms with van der Waals surface area (Å²) in [5, 5.41) is 36.2. The molecule has 0 spiro atoms. The number of hydrogen-bond acceptors (Lipinski definition) is 6. The Morgan fingerprint density at radius 1 is 0.571 bits per heavy atom. The Balaban J connectivity index is 1.81. The molecule has 0 aliphatic carbocycles. The SMILES string of the molecule is O=C(O)CCC1CC(CCCC2CCN(CCC(=O)O)C(CCC(=O)O)C2)CCN1CCC(=O)O. The number of carboxylic acid groups (broad SMARTS) is 4. The maximum atomic E-state index is 11.1. The number of likely N-dealkylation sites (tertiary alicyclic amines) is 2. The van der Waals surface area contributed by atoms with Crippen LogP contribution in [0.25, 0.3) is 0 Å². The molecule has 10 heteroatoms. The van der Waals surface area contributed by atoms with Crippen molar-refractivity contribution in [2.45, 2.75) is 95.6 Å². The highest BCUT2D eigenvalue weighted by Gasteiger charge is 2.31. The molecular formula is C25H42N2O8. The third-order valence-electron chi connectivity index (χ3n) is 7.73. The number of carbonyl (C=O) groups is 4. The van der Waals surface area contributed by atoms with E-state index in [1.807, 2.05) is 0 Å². The molecule has 0 aromatic carbocycles. The van der Waals surface area contributed by atoms with Gasteiger partial charge in [-0.1, -0.05) is 19.3 Å². The van der Waals surface area contributed by atoms with E-state index in [1.165, 1.54) is 0 Å². The van der Waals surface area contributed by atoms with Crippen LogP contribution in [-0.4, -0.2) is 92.4 Å². The molecule has 0 radical (unpaired) electrons. The van der Waals surface area contributed by atoms with Crippen LogP contribution >= 0.6 is 0 Å². The first kappa shape index (κ1) is 29.0. The molecule has 10 nitrogen and oxygen atoms in total. The summed E-state index contributed by atoms with van der Waals surface area (Å²) in [4.78, 5) is 48.4. The van der Waals surface area contributed by atoms with E-state index >= 15 is 0 Å². The van der Waals surface area contributed by atoms with Crippen LogP contribution in [-0.2, 0) is 19.2 Å². The van der Waals surface area contributed by atoms with Crippen molar-refractivity contribution < 1.29 is 39.6 Å². The smallest absolute Gasteiger partial charge is 0.304 e. The predicted octanol–water partition coefficient (Wildman–Crippen LogP) is 3.00. The third-order valence-corrected chi connectivity index (χ3v) is 7.73. The van der Waals surface area contributed by atoms with E-state index in [4.69, 9.17) is 20.4 Å². The molecule has 35 heavy (non-hydrogen) atoms. The topological polar surface area (TPSA) is 156 Å². The van der Waals surface area contributed by atoms with Crippen LogP contribution in [0.3, 0.4) is 0 Å². The van der Waals surface area contributed by atoms with Crippen LogP contribution in [0, 0.1) is 11.8 Å². The third kappa shape index (κ3) is 11.4. The fourth-order valence-electron chi connectivity index (χ4n) is 5.83. The average molecular weight is 499 g/mol. The molecule has 200 valence electrons. The van der Waals surface area contributed by atoms with Crippen LogP contribution in [0.2, 0.25) is 0 Å². The summed E-state index contributed by atoms with van der Waals surface area (Å²) in [6.07, 6.45) is 8.43. The molecule has 2 aliphatic heterocycles. The summed E-state index contributed by atoms with van der Waals surface area (Å²) in [7, 11) is 0. The van der Waals surface area contributed by atoms with Crippen molar-refractivity contribution in [3.63, 3.8) is 0 Å². The Bertz CT molecular complexity index is 658. The maximum Gasteiger partial charge on any atom is 0.304 e. The van der Waals surface area contributed by atoms with E-state index < -0.39 is 23.9 Å². The van der Waals surface area contributed by atoms with E-state index in [0.717, 1.165) is 58.0 Å². The van der Waals surface area contributed by atoms with Crippen LogP contribution < -0.4 is 0 Å². The van der Waals surface area contributed by atoms with Crippen molar-refractivity contribution in [2.75, 3.05) is 26.2 Å². The second-order valence-electron chi connectivity index (χ2n) is 10.2. The highest BCUT2D eigenvalue weighted by molar-refractivity contribution is 5.67. The Kier molecular flexibility index (Phi) is 12.5. The Hall–Kier alpha value is -2.20. The highest BCUT2D eigenvalue weighted by Crippen LogP contribution is 2.33. The first-order valence-electron chi connectivity index (χ1n) is 13.0. The minimum absolute atomic E-state index is 0.0719. The summed E-state index contributed by atoms with van der Waals surface area (Å²) in [6, 6.07) is 0.226. The average Bonchev–Trinajstić information content (AvgIpc) is 2.79. The molecule has 2 saturated heterocycles. The Morgan fingerprint density at radius 2 is 0.943 bits per heavy atom. The molecule has 0 bridgehead atoms. The minimum Gasteiger partial charge on any atom is -0.481 e. The highest BCUT2D eigenvalue weighted by atomic mass is 16.4. The summed E-state index contributed by atoms with van der Waals surface area (Å²) >= 11 is 0. The van der Waals surface area contributed by atoms with Gasteiger partial charge in [-0.15, -0.1) is 0 Å². The van der Waals surface area contributed by atoms with Gasteiger partial charge in [0.2, 0.25) is 0 Å². The zero-order valence-electron chi connectivity index (χ0n) is 20.6. The van der Waals surface area contributed by atoms with Crippen LogP contribution in [0.15, 0.2) is 0 Å². The monoisotopic (exact) mass is 498 g/mol. The zero-order chi connectivity index (χ0) is 25.8. The summed E-state index contributed by atoms with van der Waals surface area (Å²) in [5.74, 6) is -2.30. The van der Waals surface area contributed by atoms with Gasteiger partial charge in [0.15, 0.2) is 0 Å². The molecule has 2 rings (SSSR count). The summed E-state index contributed by atoms with van der Waals surface area (Å²) in [6.45, 7) is 2.54. The lowest BCUT2D eigenvalue weighted by molar-refractivity contribution is -0.139. The minimum atomic E-state index is -0.834. The Morgan fingerprint density at radius 3 is 1.29 bits per heavy atom. The van der Waals surface area contributed by atoms with Crippen molar-refractivity contribution in [1.29, 1.82) is 0 Å². The van der Waals surface area contributed by atoms with Crippen LogP contribution in [0.5, 0.6) is 0 Å². The molecule has 0 aromatic rings. The Labute approximate surface area is 207 Å². The number of piperidine rings is 2. The van der Waals surface area contributed by atoms with Crippen molar-refractivity contribution in [3.8, 4) is 0 Å². The fraction of sp³-hybridized carbons (Fsp3) is 0.840. The molecular weight excluding hydrogens is 456 g/mol. The van der Waals surface area contributed by atoms with Crippen LogP contribution in [0.1, 0.15) is 83.5 Å². The first-order chi connectivity index (χ1) is 16.6. The largest absolute Gasteiger partial charge is 0.481 e. The maximum absolute atomic E-state index is 11.1. The van der Waals surface area contributed by atoms with Gasteiger partial charge >= 0.3 is 23.9 Å². The molecule has 0 saturated carbocycles. The summed E-state index contributed by atoms with van der Waals surface area (Å²) < 4.78 is 0. The lowest BCUT2D eigenvalue weighted by Crippen LogP contribution is -2.44. The van der Waals surface area contributed by atoms with Gasteiger partial charge in [0.1, 0.15) is 0 Å². The number of aliphatic carboxylic acids is 4. The molecule has 2 heterocycles. The summed E-state index contributed by atoms with van der Waals surface area (Å²) in [5.41, 5.74) is 0. The second-order valence-corrected chi connectivity index (χ2v) is 10.2. The molecule has 4 unspecified atom stereocenters. The van der Waals surface area contributed by atoms with Crippen LogP contribution in [0.4, 0.5) is 0 Å². The van der Waals surface area contributed by atoms with Gasteiger partial charge in [-0.25, -0.2) is 0 Å². The lowest BCUT2D eigenvalue weighted by Gasteiger charge is -2.40. The van der Waals surface area contributed by atoms with Gasteiger partial charge < -0.3 is 20.4 Å². The van der Waals surface area contributed by atoms with E-state index in [1.54, 1.807) is 0 Å². The molecule has 0 amide bonds. The first-order valence-corrected chi connectivity index (χ1v) is 13.0. The van der Waals surface area contributed by atoms with Gasteiger partial charge in [-0.05, 0) is 63.5 Å². The second kappa shape index (κ2) is 15.0. The number of rotatable bonds is 16. The van der Waals surface area contributed by atoms with E-state index in [2.05, 4.69) is 9.80 Å². The van der Waals surface area contributed by atoms with Gasteiger partial charge in [0.05, 0.1) is 12.8 Å². The van der Waals surface area contributed by atoms with Gasteiger partial charge in [-0.3, -0.25) is 29.0 Å². The molecule has 0 aromatic heterocycles. The van der Waals surface area contributed by atoms with Gasteiger partial charge in [0, 0.05) is 38.0 Å². The molecule has 2 fully saturated rings. The predicted molar refractivity (Wildman–Crippen MR) is 128 cm³/mol. The van der Waals surface area contributed by atoms with Crippen molar-refractivity contribution in [1.82, 2.24) is 9.80 Å². The number of hydrogen-bond donors (Lipinski definition) is 4. The quantitative estimate of drug-likeness (QED) is 0.249. The molecule has 2 aliphatic rings. The van der Waals surface area contributed by atoms with Gasteiger partial charge in [-0.2, -0.15) is 0 Å². The van der Waals surface area contributed by atoms with E-state index in [9.17, 15) is 19.2 Å². The van der Waals surface area contributed by atoms with E-state index in [-0.39, 0.29) is 37.8 Å². The lowest BCUT2D eigenvalue weighted by atomic mass is 9.81. The molecule has 4 atom stereocenters. The van der Waals surface area contributed by atoms with Gasteiger partial charge in [0.25, 0.3) is 0 Å². The fourth-order valence-corrected chi connectivity index (χ4v) is 5.83. The number of nitrogens with zero attached hydrogens (tertiary/aromatic N) is 2. The normalized spacial score (nSPS) is 25.8. The number of carboxylic acids is 4. The molecule has 4 N–H and O–H groups in total. The van der Waals surface area contributed by atoms with Crippen molar-refractivity contribution in [2.24, 2.45) is 11.8 Å². The zero-order valence-corrected chi connectivity index (χ0v) is 20.6. The standard InChI is InChI=1S/C25H42N2O8/c28-22(29)6-4-20-16-18(8-12-26(20)14-10-24(32)33)2-1-3-19-9-13-27(15-11-25(34)35)21(17-19)5-7-23(30)31/h18-21H,1-17H2,(H,28,29)(H,30,31)(H,32,33)(H,34,35).